The Hall–Kier alpha value is -1.04. The molecule has 1 aromatic carbocycles. The molecule has 0 radical (unpaired) electrons. The van der Waals surface area contributed by atoms with Crippen LogP contribution in [0.25, 0.3) is 0 Å². The van der Waals surface area contributed by atoms with Crippen molar-refractivity contribution in [3.8, 4) is 0 Å². The summed E-state index contributed by atoms with van der Waals surface area (Å²) in [4.78, 5) is 0. The summed E-state index contributed by atoms with van der Waals surface area (Å²) in [6.45, 7) is 2.40. The number of aliphatic hydroxyl groups excluding tert-OH is 1. The Labute approximate surface area is 111 Å². The molecule has 1 aliphatic heterocycles. The van der Waals surface area contributed by atoms with Gasteiger partial charge >= 0.3 is 0 Å². The maximum Gasteiger partial charge on any atom is 0.131 e. The van der Waals surface area contributed by atoms with E-state index in [0.717, 1.165) is 44.7 Å². The minimum atomic E-state index is -1.17. The number of halogens is 2. The van der Waals surface area contributed by atoms with Gasteiger partial charge in [0.05, 0.1) is 11.7 Å². The molecule has 1 heterocycles. The van der Waals surface area contributed by atoms with Crippen molar-refractivity contribution < 1.29 is 18.6 Å². The summed E-state index contributed by atoms with van der Waals surface area (Å²) < 4.78 is 32.1. The van der Waals surface area contributed by atoms with Crippen LogP contribution < -0.4 is 5.32 Å². The van der Waals surface area contributed by atoms with E-state index in [0.29, 0.717) is 5.92 Å². The van der Waals surface area contributed by atoms with Crippen molar-refractivity contribution >= 4 is 0 Å². The molecule has 0 aromatic heterocycles. The van der Waals surface area contributed by atoms with Crippen LogP contribution in [0.3, 0.4) is 0 Å². The first kappa shape index (κ1) is 14.4. The molecule has 1 unspecified atom stereocenters. The average molecular weight is 271 g/mol. The molecule has 0 spiro atoms. The lowest BCUT2D eigenvalue weighted by Crippen LogP contribution is -2.31. The van der Waals surface area contributed by atoms with Crippen LogP contribution in [0.1, 0.15) is 24.5 Å². The topological polar surface area (TPSA) is 41.5 Å². The summed E-state index contributed by atoms with van der Waals surface area (Å²) in [5.74, 6) is -0.910. The number of rotatable bonds is 5. The van der Waals surface area contributed by atoms with Gasteiger partial charge < -0.3 is 15.2 Å². The summed E-state index contributed by atoms with van der Waals surface area (Å²) in [7, 11) is 0. The molecule has 1 atom stereocenters. The van der Waals surface area contributed by atoms with Crippen LogP contribution in [-0.2, 0) is 4.74 Å². The third kappa shape index (κ3) is 3.96. The fourth-order valence-corrected chi connectivity index (χ4v) is 2.31. The number of hydrogen-bond acceptors (Lipinski definition) is 3. The molecule has 0 saturated carbocycles. The number of benzene rings is 1. The van der Waals surface area contributed by atoms with Crippen molar-refractivity contribution in [2.45, 2.75) is 18.9 Å². The highest BCUT2D eigenvalue weighted by Crippen LogP contribution is 2.20. The molecule has 1 aliphatic rings. The van der Waals surface area contributed by atoms with Crippen molar-refractivity contribution in [3.63, 3.8) is 0 Å². The highest BCUT2D eigenvalue weighted by Gasteiger charge is 2.18. The second-order valence-corrected chi connectivity index (χ2v) is 4.87. The molecular weight excluding hydrogens is 252 g/mol. The van der Waals surface area contributed by atoms with Crippen molar-refractivity contribution in [2.75, 3.05) is 26.3 Å². The minimum absolute atomic E-state index is 0.148. The number of aliphatic hydroxyl groups is 1. The molecular formula is C14H19F2NO2. The van der Waals surface area contributed by atoms with Gasteiger partial charge in [0, 0.05) is 19.8 Å². The molecule has 2 rings (SSSR count). The first-order valence-corrected chi connectivity index (χ1v) is 6.59. The normalized spacial score (nSPS) is 18.5. The van der Waals surface area contributed by atoms with Crippen LogP contribution in [0.4, 0.5) is 8.78 Å². The van der Waals surface area contributed by atoms with Gasteiger partial charge in [-0.05, 0) is 37.4 Å². The molecule has 2 N–H and O–H groups in total. The molecule has 0 aliphatic carbocycles. The van der Waals surface area contributed by atoms with E-state index in [1.807, 2.05) is 0 Å². The zero-order chi connectivity index (χ0) is 13.7. The van der Waals surface area contributed by atoms with Crippen LogP contribution >= 0.6 is 0 Å². The van der Waals surface area contributed by atoms with E-state index >= 15 is 0 Å². The fourth-order valence-electron chi connectivity index (χ4n) is 2.31. The van der Waals surface area contributed by atoms with Crippen molar-refractivity contribution in [1.82, 2.24) is 5.32 Å². The zero-order valence-electron chi connectivity index (χ0n) is 10.7. The largest absolute Gasteiger partial charge is 0.387 e. The average Bonchev–Trinajstić information content (AvgIpc) is 2.40. The standard InChI is InChI=1S/C14H19F2NO2/c15-11-2-1-3-12(16)14(11)13(18)9-17-8-10-4-6-19-7-5-10/h1-3,10,13,17-18H,4-9H2. The smallest absolute Gasteiger partial charge is 0.131 e. The van der Waals surface area contributed by atoms with Crippen molar-refractivity contribution in [1.29, 1.82) is 0 Å². The van der Waals surface area contributed by atoms with E-state index in [2.05, 4.69) is 5.32 Å². The maximum atomic E-state index is 13.4. The van der Waals surface area contributed by atoms with E-state index in [1.165, 1.54) is 6.07 Å². The predicted molar refractivity (Wildman–Crippen MR) is 67.7 cm³/mol. The molecule has 1 fully saturated rings. The van der Waals surface area contributed by atoms with Crippen LogP contribution in [0, 0.1) is 17.6 Å². The third-order valence-electron chi connectivity index (χ3n) is 3.44. The van der Waals surface area contributed by atoms with Gasteiger partial charge in [-0.3, -0.25) is 0 Å². The highest BCUT2D eigenvalue weighted by atomic mass is 19.1. The lowest BCUT2D eigenvalue weighted by atomic mass is 10.0. The van der Waals surface area contributed by atoms with Crippen LogP contribution in [0.5, 0.6) is 0 Å². The Bertz CT molecular complexity index is 388. The van der Waals surface area contributed by atoms with E-state index in [9.17, 15) is 13.9 Å². The zero-order valence-corrected chi connectivity index (χ0v) is 10.7. The van der Waals surface area contributed by atoms with Gasteiger partial charge in [-0.1, -0.05) is 6.07 Å². The summed E-state index contributed by atoms with van der Waals surface area (Å²) in [6, 6.07) is 3.59. The monoisotopic (exact) mass is 271 g/mol. The van der Waals surface area contributed by atoms with Crippen molar-refractivity contribution in [2.24, 2.45) is 5.92 Å². The van der Waals surface area contributed by atoms with Crippen LogP contribution in [0.2, 0.25) is 0 Å². The summed E-state index contributed by atoms with van der Waals surface area (Å²) in [5.41, 5.74) is -0.262. The third-order valence-corrected chi connectivity index (χ3v) is 3.44. The lowest BCUT2D eigenvalue weighted by molar-refractivity contribution is 0.0648. The van der Waals surface area contributed by atoms with Gasteiger partial charge in [0.25, 0.3) is 0 Å². The van der Waals surface area contributed by atoms with Gasteiger partial charge in [0.2, 0.25) is 0 Å². The van der Waals surface area contributed by atoms with E-state index in [4.69, 9.17) is 4.74 Å². The van der Waals surface area contributed by atoms with Gasteiger partial charge in [0.15, 0.2) is 0 Å². The molecule has 0 amide bonds. The summed E-state index contributed by atoms with van der Waals surface area (Å²) in [5, 5.41) is 12.9. The van der Waals surface area contributed by atoms with Crippen LogP contribution in [-0.4, -0.2) is 31.4 Å². The highest BCUT2D eigenvalue weighted by molar-refractivity contribution is 5.22. The van der Waals surface area contributed by atoms with Gasteiger partial charge in [-0.25, -0.2) is 8.78 Å². The Balaban J connectivity index is 1.82. The molecule has 1 aromatic rings. The second-order valence-electron chi connectivity index (χ2n) is 4.87. The summed E-state index contributed by atoms with van der Waals surface area (Å²) >= 11 is 0. The van der Waals surface area contributed by atoms with Gasteiger partial charge in [-0.2, -0.15) is 0 Å². The molecule has 0 bridgehead atoms. The molecule has 106 valence electrons. The van der Waals surface area contributed by atoms with E-state index < -0.39 is 17.7 Å². The summed E-state index contributed by atoms with van der Waals surface area (Å²) in [6.07, 6.45) is 0.801. The number of nitrogens with one attached hydrogen (secondary N) is 1. The first-order valence-electron chi connectivity index (χ1n) is 6.59. The Morgan fingerprint density at radius 3 is 2.53 bits per heavy atom. The molecule has 5 heteroatoms. The molecule has 19 heavy (non-hydrogen) atoms. The fraction of sp³-hybridized carbons (Fsp3) is 0.571. The van der Waals surface area contributed by atoms with Gasteiger partial charge in [-0.15, -0.1) is 0 Å². The predicted octanol–water partition coefficient (Wildman–Crippen LogP) is 2.01. The quantitative estimate of drug-likeness (QED) is 0.861. The van der Waals surface area contributed by atoms with E-state index in [1.54, 1.807) is 0 Å². The van der Waals surface area contributed by atoms with Gasteiger partial charge in [0.1, 0.15) is 11.6 Å². The van der Waals surface area contributed by atoms with Crippen molar-refractivity contribution in [3.05, 3.63) is 35.4 Å². The Morgan fingerprint density at radius 2 is 1.89 bits per heavy atom. The van der Waals surface area contributed by atoms with E-state index in [-0.39, 0.29) is 12.1 Å². The molecule has 1 saturated heterocycles. The SMILES string of the molecule is OC(CNCC1CCOCC1)c1c(F)cccc1F. The molecule has 3 nitrogen and oxygen atoms in total. The minimum Gasteiger partial charge on any atom is -0.387 e. The second kappa shape index (κ2) is 6.93. The lowest BCUT2D eigenvalue weighted by Gasteiger charge is -2.23. The maximum absolute atomic E-state index is 13.4. The first-order chi connectivity index (χ1) is 9.18. The Morgan fingerprint density at radius 1 is 1.26 bits per heavy atom. The van der Waals surface area contributed by atoms with Crippen LogP contribution in [0.15, 0.2) is 18.2 Å². The Kier molecular flexibility index (Phi) is 5.24. The number of hydrogen-bond donors (Lipinski definition) is 2. The number of ether oxygens (including phenoxy) is 1.